The quantitative estimate of drug-likeness (QED) is 0.311. The molecule has 1 heterocycles. The molecule has 2 amide bonds. The second-order valence-corrected chi connectivity index (χ2v) is 9.04. The smallest absolute Gasteiger partial charge is 0.251 e. The zero-order valence-electron chi connectivity index (χ0n) is 21.3. The number of carbonyl (C=O) groups is 2. The highest BCUT2D eigenvalue weighted by atomic mass is 19.1. The molecule has 5 rings (SSSR count). The lowest BCUT2D eigenvalue weighted by Gasteiger charge is -2.32. The maximum absolute atomic E-state index is 13.9. The summed E-state index contributed by atoms with van der Waals surface area (Å²) in [6.07, 6.45) is 0.0893. The van der Waals surface area contributed by atoms with Gasteiger partial charge in [0, 0.05) is 18.3 Å². The Morgan fingerprint density at radius 1 is 0.897 bits per heavy atom. The van der Waals surface area contributed by atoms with Crippen molar-refractivity contribution in [3.63, 3.8) is 0 Å². The summed E-state index contributed by atoms with van der Waals surface area (Å²) >= 11 is 0. The fourth-order valence-electron chi connectivity index (χ4n) is 4.43. The largest absolute Gasteiger partial charge is 0.497 e. The Morgan fingerprint density at radius 3 is 2.33 bits per heavy atom. The van der Waals surface area contributed by atoms with Crippen molar-refractivity contribution < 1.29 is 28.2 Å². The Morgan fingerprint density at radius 2 is 1.62 bits per heavy atom. The van der Waals surface area contributed by atoms with E-state index < -0.39 is 11.9 Å². The van der Waals surface area contributed by atoms with Crippen molar-refractivity contribution in [2.24, 2.45) is 0 Å². The number of hydrogen-bond donors (Lipinski definition) is 1. The third kappa shape index (κ3) is 6.18. The number of nitrogens with zero attached hydrogens (tertiary/aromatic N) is 1. The van der Waals surface area contributed by atoms with Crippen LogP contribution in [0.2, 0.25) is 0 Å². The molecule has 0 aromatic heterocycles. The molecule has 0 saturated carbocycles. The number of nitrogens with one attached hydrogen (secondary N) is 1. The molecule has 0 aliphatic carbocycles. The number of methoxy groups -OCH3 is 1. The van der Waals surface area contributed by atoms with E-state index in [1.54, 1.807) is 61.7 Å². The third-order valence-corrected chi connectivity index (χ3v) is 6.42. The van der Waals surface area contributed by atoms with Gasteiger partial charge < -0.3 is 24.4 Å². The van der Waals surface area contributed by atoms with E-state index in [2.05, 4.69) is 5.32 Å². The number of halogens is 1. The van der Waals surface area contributed by atoms with Crippen molar-refractivity contribution >= 4 is 17.5 Å². The van der Waals surface area contributed by atoms with Gasteiger partial charge in [-0.05, 0) is 53.1 Å². The Hall–Kier alpha value is -4.85. The van der Waals surface area contributed by atoms with Gasteiger partial charge in [-0.1, -0.05) is 54.6 Å². The van der Waals surface area contributed by atoms with Gasteiger partial charge in [0.05, 0.1) is 13.5 Å². The number of anilines is 1. The maximum atomic E-state index is 13.9. The first-order chi connectivity index (χ1) is 19.0. The molecule has 0 fully saturated rings. The highest BCUT2D eigenvalue weighted by molar-refractivity contribution is 5.98. The zero-order chi connectivity index (χ0) is 27.2. The van der Waals surface area contributed by atoms with E-state index in [9.17, 15) is 14.0 Å². The summed E-state index contributed by atoms with van der Waals surface area (Å²) in [5, 5.41) is 2.93. The Kier molecular flexibility index (Phi) is 7.73. The number of benzene rings is 4. The highest BCUT2D eigenvalue weighted by Gasteiger charge is 2.32. The minimum atomic E-state index is -0.998. The molecule has 0 radical (unpaired) electrons. The molecule has 1 atom stereocenters. The second-order valence-electron chi connectivity index (χ2n) is 9.04. The first kappa shape index (κ1) is 25.8. The lowest BCUT2D eigenvalue weighted by Crippen LogP contribution is -2.41. The average Bonchev–Trinajstić information content (AvgIpc) is 3.43. The van der Waals surface area contributed by atoms with E-state index in [4.69, 9.17) is 14.2 Å². The summed E-state index contributed by atoms with van der Waals surface area (Å²) in [6.45, 7) is 0.206. The van der Waals surface area contributed by atoms with E-state index in [0.717, 1.165) is 5.56 Å². The Balaban J connectivity index is 1.52. The predicted octanol–water partition coefficient (Wildman–Crippen LogP) is 5.51. The van der Waals surface area contributed by atoms with Crippen LogP contribution in [0.15, 0.2) is 97.1 Å². The fraction of sp³-hybridized carbons (Fsp3) is 0.161. The van der Waals surface area contributed by atoms with Gasteiger partial charge in [0.25, 0.3) is 5.91 Å². The van der Waals surface area contributed by atoms with E-state index in [1.165, 1.54) is 17.0 Å². The zero-order valence-corrected chi connectivity index (χ0v) is 21.3. The molecule has 1 aliphatic rings. The Labute approximate surface area is 225 Å². The van der Waals surface area contributed by atoms with Crippen LogP contribution in [0.4, 0.5) is 10.1 Å². The van der Waals surface area contributed by atoms with Crippen LogP contribution < -0.4 is 19.5 Å². The van der Waals surface area contributed by atoms with Crippen LogP contribution in [-0.4, -0.2) is 30.6 Å². The predicted molar refractivity (Wildman–Crippen MR) is 144 cm³/mol. The summed E-state index contributed by atoms with van der Waals surface area (Å²) < 4.78 is 29.8. The molecule has 198 valence electrons. The van der Waals surface area contributed by atoms with Gasteiger partial charge in [0.2, 0.25) is 12.7 Å². The van der Waals surface area contributed by atoms with Crippen molar-refractivity contribution in [2.75, 3.05) is 19.2 Å². The van der Waals surface area contributed by atoms with Crippen LogP contribution >= 0.6 is 0 Å². The summed E-state index contributed by atoms with van der Waals surface area (Å²) in [5.74, 6) is 0.685. The van der Waals surface area contributed by atoms with Crippen LogP contribution in [0.5, 0.6) is 17.2 Å². The first-order valence-corrected chi connectivity index (χ1v) is 12.4. The van der Waals surface area contributed by atoms with Crippen LogP contribution in [0.3, 0.4) is 0 Å². The van der Waals surface area contributed by atoms with Crippen molar-refractivity contribution in [3.05, 3.63) is 120 Å². The minimum absolute atomic E-state index is 0.0893. The van der Waals surface area contributed by atoms with E-state index in [0.29, 0.717) is 34.1 Å². The van der Waals surface area contributed by atoms with E-state index in [-0.39, 0.29) is 31.5 Å². The lowest BCUT2D eigenvalue weighted by atomic mass is 10.0. The molecule has 1 unspecified atom stereocenters. The molecular formula is C31H27FN2O5. The molecule has 4 aromatic carbocycles. The fourth-order valence-corrected chi connectivity index (χ4v) is 4.43. The first-order valence-electron chi connectivity index (χ1n) is 12.4. The standard InChI is InChI=1S/C31H27FN2O5/c1-37-26-14-9-23(10-15-26)30(31(36)33-25-13-16-27-28(18-25)39-20-38-27)34(19-22-7-11-24(32)12-8-22)29(35)17-21-5-3-2-4-6-21/h2-16,18,30H,17,19-20H2,1H3,(H,33,36). The molecule has 0 bridgehead atoms. The molecule has 0 spiro atoms. The van der Waals surface area contributed by atoms with Gasteiger partial charge in [-0.15, -0.1) is 0 Å². The normalized spacial score (nSPS) is 12.5. The molecule has 1 N–H and O–H groups in total. The summed E-state index contributed by atoms with van der Waals surface area (Å²) in [5.41, 5.74) is 2.60. The molecular weight excluding hydrogens is 499 g/mol. The van der Waals surface area contributed by atoms with Crippen LogP contribution in [-0.2, 0) is 22.6 Å². The number of rotatable bonds is 9. The minimum Gasteiger partial charge on any atom is -0.497 e. The van der Waals surface area contributed by atoms with E-state index in [1.807, 2.05) is 30.3 Å². The molecule has 4 aromatic rings. The van der Waals surface area contributed by atoms with E-state index >= 15 is 0 Å². The van der Waals surface area contributed by atoms with Gasteiger partial charge in [0.15, 0.2) is 11.5 Å². The number of ether oxygens (including phenoxy) is 3. The van der Waals surface area contributed by atoms with Gasteiger partial charge in [-0.3, -0.25) is 9.59 Å². The average molecular weight is 527 g/mol. The van der Waals surface area contributed by atoms with Gasteiger partial charge in [0.1, 0.15) is 17.6 Å². The van der Waals surface area contributed by atoms with Crippen molar-refractivity contribution in [1.82, 2.24) is 4.90 Å². The maximum Gasteiger partial charge on any atom is 0.251 e. The monoisotopic (exact) mass is 526 g/mol. The van der Waals surface area contributed by atoms with Crippen molar-refractivity contribution in [1.29, 1.82) is 0 Å². The number of carbonyl (C=O) groups excluding carboxylic acids is 2. The van der Waals surface area contributed by atoms with Crippen molar-refractivity contribution in [3.8, 4) is 17.2 Å². The lowest BCUT2D eigenvalue weighted by molar-refractivity contribution is -0.139. The number of amides is 2. The molecule has 0 saturated heterocycles. The van der Waals surface area contributed by atoms with Gasteiger partial charge in [-0.25, -0.2) is 4.39 Å². The van der Waals surface area contributed by atoms with Crippen LogP contribution in [0.25, 0.3) is 0 Å². The second kappa shape index (κ2) is 11.7. The van der Waals surface area contributed by atoms with Crippen molar-refractivity contribution in [2.45, 2.75) is 19.0 Å². The van der Waals surface area contributed by atoms with Crippen LogP contribution in [0.1, 0.15) is 22.7 Å². The highest BCUT2D eigenvalue weighted by Crippen LogP contribution is 2.35. The number of hydrogen-bond acceptors (Lipinski definition) is 5. The molecule has 7 nitrogen and oxygen atoms in total. The molecule has 1 aliphatic heterocycles. The SMILES string of the molecule is COc1ccc(C(C(=O)Nc2ccc3c(c2)OCO3)N(Cc2ccc(F)cc2)C(=O)Cc2ccccc2)cc1. The van der Waals surface area contributed by atoms with Gasteiger partial charge in [-0.2, -0.15) is 0 Å². The Bertz CT molecular complexity index is 1440. The summed E-state index contributed by atoms with van der Waals surface area (Å²) in [7, 11) is 1.56. The third-order valence-electron chi connectivity index (χ3n) is 6.42. The number of fused-ring (bicyclic) bond motifs is 1. The van der Waals surface area contributed by atoms with Gasteiger partial charge >= 0.3 is 0 Å². The molecule has 39 heavy (non-hydrogen) atoms. The topological polar surface area (TPSA) is 77.1 Å². The summed E-state index contributed by atoms with van der Waals surface area (Å²) in [4.78, 5) is 29.3. The summed E-state index contributed by atoms with van der Waals surface area (Å²) in [6, 6.07) is 26.4. The molecule has 8 heteroatoms. The van der Waals surface area contributed by atoms with Crippen LogP contribution in [0, 0.1) is 5.82 Å².